The standard InChI is InChI=1S/C16H17NOS/c1-2-4-15-13(3-1)9-16(19-15)12-5-7-17(8-6-12)10-14-11-18-14/h1-5,9,14H,6-8,10-11H2/t14-/m0/s1. The van der Waals surface area contributed by atoms with Crippen LogP contribution >= 0.6 is 11.3 Å². The fraction of sp³-hybridized carbons (Fsp3) is 0.375. The Balaban J connectivity index is 1.53. The zero-order valence-corrected chi connectivity index (χ0v) is 11.7. The zero-order chi connectivity index (χ0) is 12.7. The highest BCUT2D eigenvalue weighted by Gasteiger charge is 2.26. The molecule has 0 N–H and O–H groups in total. The summed E-state index contributed by atoms with van der Waals surface area (Å²) in [6, 6.07) is 11.0. The van der Waals surface area contributed by atoms with Gasteiger partial charge in [-0.15, -0.1) is 11.3 Å². The van der Waals surface area contributed by atoms with Gasteiger partial charge in [-0.25, -0.2) is 0 Å². The van der Waals surface area contributed by atoms with Gasteiger partial charge in [-0.05, 0) is 29.5 Å². The van der Waals surface area contributed by atoms with Gasteiger partial charge in [0.15, 0.2) is 0 Å². The number of hydrogen-bond donors (Lipinski definition) is 0. The first-order valence-electron chi connectivity index (χ1n) is 6.90. The average Bonchev–Trinajstić information content (AvgIpc) is 3.15. The van der Waals surface area contributed by atoms with Gasteiger partial charge in [0, 0.05) is 29.2 Å². The zero-order valence-electron chi connectivity index (χ0n) is 10.8. The predicted octanol–water partition coefficient (Wildman–Crippen LogP) is 3.39. The summed E-state index contributed by atoms with van der Waals surface area (Å²) in [5.74, 6) is 0. The van der Waals surface area contributed by atoms with Crippen molar-refractivity contribution < 1.29 is 4.74 Å². The van der Waals surface area contributed by atoms with Gasteiger partial charge in [-0.2, -0.15) is 0 Å². The normalized spacial score (nSPS) is 23.6. The topological polar surface area (TPSA) is 15.8 Å². The summed E-state index contributed by atoms with van der Waals surface area (Å²) in [6.45, 7) is 4.31. The van der Waals surface area contributed by atoms with Crippen LogP contribution < -0.4 is 0 Å². The Bertz CT molecular complexity index is 593. The molecule has 0 saturated carbocycles. The Morgan fingerprint density at radius 2 is 2.21 bits per heavy atom. The molecular weight excluding hydrogens is 254 g/mol. The highest BCUT2D eigenvalue weighted by Crippen LogP contribution is 2.33. The smallest absolute Gasteiger partial charge is 0.0936 e. The van der Waals surface area contributed by atoms with Crippen molar-refractivity contribution in [2.45, 2.75) is 12.5 Å². The lowest BCUT2D eigenvalue weighted by Crippen LogP contribution is -2.31. The second kappa shape index (κ2) is 4.75. The van der Waals surface area contributed by atoms with E-state index >= 15 is 0 Å². The molecule has 1 saturated heterocycles. The van der Waals surface area contributed by atoms with Crippen LogP contribution in [0.5, 0.6) is 0 Å². The molecule has 1 aromatic carbocycles. The van der Waals surface area contributed by atoms with E-state index < -0.39 is 0 Å². The second-order valence-electron chi connectivity index (χ2n) is 5.34. The molecule has 0 radical (unpaired) electrons. The van der Waals surface area contributed by atoms with Crippen LogP contribution in [-0.4, -0.2) is 37.2 Å². The lowest BCUT2D eigenvalue weighted by molar-refractivity contribution is 0.262. The van der Waals surface area contributed by atoms with Gasteiger partial charge in [-0.1, -0.05) is 24.3 Å². The van der Waals surface area contributed by atoms with Gasteiger partial charge in [0.05, 0.1) is 12.7 Å². The largest absolute Gasteiger partial charge is 0.372 e. The minimum Gasteiger partial charge on any atom is -0.372 e. The summed E-state index contributed by atoms with van der Waals surface area (Å²) >= 11 is 1.92. The minimum atomic E-state index is 0.513. The van der Waals surface area contributed by atoms with E-state index in [-0.39, 0.29) is 0 Å². The van der Waals surface area contributed by atoms with E-state index in [9.17, 15) is 0 Å². The minimum absolute atomic E-state index is 0.513. The van der Waals surface area contributed by atoms with Crippen molar-refractivity contribution in [3.63, 3.8) is 0 Å². The van der Waals surface area contributed by atoms with E-state index in [4.69, 9.17) is 4.74 Å². The Morgan fingerprint density at radius 1 is 1.32 bits per heavy atom. The Kier molecular flexibility index (Phi) is 2.91. The van der Waals surface area contributed by atoms with Gasteiger partial charge >= 0.3 is 0 Å². The maximum atomic E-state index is 5.30. The molecule has 2 aromatic rings. The van der Waals surface area contributed by atoms with Crippen LogP contribution in [0.1, 0.15) is 11.3 Å². The van der Waals surface area contributed by atoms with Crippen molar-refractivity contribution in [2.75, 3.05) is 26.2 Å². The van der Waals surface area contributed by atoms with Gasteiger partial charge in [0.2, 0.25) is 0 Å². The van der Waals surface area contributed by atoms with Crippen LogP contribution in [0.2, 0.25) is 0 Å². The molecule has 3 heteroatoms. The first-order valence-corrected chi connectivity index (χ1v) is 7.72. The lowest BCUT2D eigenvalue weighted by atomic mass is 10.1. The summed E-state index contributed by atoms with van der Waals surface area (Å²) in [7, 11) is 0. The third-order valence-electron chi connectivity index (χ3n) is 3.90. The van der Waals surface area contributed by atoms with Crippen LogP contribution in [0, 0.1) is 0 Å². The summed E-state index contributed by atoms with van der Waals surface area (Å²) in [6.07, 6.45) is 4.08. The Labute approximate surface area is 117 Å². The first-order chi connectivity index (χ1) is 9.38. The van der Waals surface area contributed by atoms with Crippen molar-refractivity contribution in [3.05, 3.63) is 41.3 Å². The highest BCUT2D eigenvalue weighted by atomic mass is 32.1. The van der Waals surface area contributed by atoms with Crippen molar-refractivity contribution in [2.24, 2.45) is 0 Å². The number of thiophene rings is 1. The predicted molar refractivity (Wildman–Crippen MR) is 80.6 cm³/mol. The molecule has 1 atom stereocenters. The molecule has 2 aliphatic rings. The van der Waals surface area contributed by atoms with Gasteiger partial charge in [0.1, 0.15) is 0 Å². The quantitative estimate of drug-likeness (QED) is 0.795. The number of ether oxygens (including phenoxy) is 1. The summed E-state index contributed by atoms with van der Waals surface area (Å²) < 4.78 is 6.70. The van der Waals surface area contributed by atoms with E-state index in [0.29, 0.717) is 6.10 Å². The molecule has 1 fully saturated rings. The van der Waals surface area contributed by atoms with Crippen LogP contribution in [0.25, 0.3) is 15.7 Å². The van der Waals surface area contributed by atoms with E-state index in [0.717, 1.165) is 19.7 Å². The highest BCUT2D eigenvalue weighted by molar-refractivity contribution is 7.20. The van der Waals surface area contributed by atoms with Gasteiger partial charge < -0.3 is 4.74 Å². The van der Waals surface area contributed by atoms with Crippen LogP contribution in [-0.2, 0) is 4.74 Å². The number of epoxide rings is 1. The van der Waals surface area contributed by atoms with Crippen molar-refractivity contribution >= 4 is 27.0 Å². The number of benzene rings is 1. The fourth-order valence-electron chi connectivity index (χ4n) is 2.70. The van der Waals surface area contributed by atoms with Crippen LogP contribution in [0.15, 0.2) is 36.4 Å². The first kappa shape index (κ1) is 11.6. The maximum absolute atomic E-state index is 5.30. The summed E-state index contributed by atoms with van der Waals surface area (Å²) in [5.41, 5.74) is 1.52. The molecule has 3 heterocycles. The fourth-order valence-corrected chi connectivity index (χ4v) is 3.83. The molecule has 19 heavy (non-hydrogen) atoms. The number of rotatable bonds is 3. The van der Waals surface area contributed by atoms with Gasteiger partial charge in [0.25, 0.3) is 0 Å². The molecule has 98 valence electrons. The lowest BCUT2D eigenvalue weighted by Gasteiger charge is -2.25. The monoisotopic (exact) mass is 271 g/mol. The van der Waals surface area contributed by atoms with E-state index in [1.807, 2.05) is 11.3 Å². The molecule has 2 aliphatic heterocycles. The molecule has 4 rings (SSSR count). The van der Waals surface area contributed by atoms with Crippen molar-refractivity contribution in [1.82, 2.24) is 4.90 Å². The van der Waals surface area contributed by atoms with Crippen molar-refractivity contribution in [1.29, 1.82) is 0 Å². The van der Waals surface area contributed by atoms with E-state index in [1.54, 1.807) is 0 Å². The Hall–Kier alpha value is -1.16. The third-order valence-corrected chi connectivity index (χ3v) is 5.09. The number of hydrogen-bond acceptors (Lipinski definition) is 3. The molecule has 0 unspecified atom stereocenters. The molecule has 0 amide bonds. The molecule has 1 aromatic heterocycles. The number of fused-ring (bicyclic) bond motifs is 1. The average molecular weight is 271 g/mol. The maximum Gasteiger partial charge on any atom is 0.0936 e. The second-order valence-corrected chi connectivity index (χ2v) is 6.43. The van der Waals surface area contributed by atoms with Crippen LogP contribution in [0.4, 0.5) is 0 Å². The molecular formula is C16H17NOS. The molecule has 0 spiro atoms. The summed E-state index contributed by atoms with van der Waals surface area (Å²) in [5, 5.41) is 1.37. The molecule has 0 bridgehead atoms. The SMILES string of the molecule is C1=C(c2cc3ccccc3s2)CCN(C[C@H]2CO2)C1. The third kappa shape index (κ3) is 2.46. The summed E-state index contributed by atoms with van der Waals surface area (Å²) in [4.78, 5) is 3.94. The molecule has 0 aliphatic carbocycles. The molecule has 2 nitrogen and oxygen atoms in total. The van der Waals surface area contributed by atoms with E-state index in [1.165, 1.54) is 33.5 Å². The Morgan fingerprint density at radius 3 is 2.95 bits per heavy atom. The van der Waals surface area contributed by atoms with Crippen LogP contribution in [0.3, 0.4) is 0 Å². The van der Waals surface area contributed by atoms with Crippen molar-refractivity contribution in [3.8, 4) is 0 Å². The van der Waals surface area contributed by atoms with E-state index in [2.05, 4.69) is 41.3 Å². The van der Waals surface area contributed by atoms with Gasteiger partial charge in [-0.3, -0.25) is 4.90 Å². The number of nitrogens with zero attached hydrogens (tertiary/aromatic N) is 1.